The zero-order valence-corrected chi connectivity index (χ0v) is 7.93. The van der Waals surface area contributed by atoms with E-state index in [1.165, 1.54) is 6.42 Å². The zero-order chi connectivity index (χ0) is 10.3. The van der Waals surface area contributed by atoms with Gasteiger partial charge < -0.3 is 4.74 Å². The fourth-order valence-corrected chi connectivity index (χ4v) is 1.65. The average molecular weight is 198 g/mol. The van der Waals surface area contributed by atoms with E-state index in [0.717, 1.165) is 11.4 Å². The van der Waals surface area contributed by atoms with Gasteiger partial charge in [0.25, 0.3) is 0 Å². The second kappa shape index (κ2) is 3.05. The molecule has 3 rings (SSSR count). The van der Waals surface area contributed by atoms with Crippen LogP contribution in [0.2, 0.25) is 0 Å². The lowest BCUT2D eigenvalue weighted by atomic mass is 10.0. The number of nitrogens with zero attached hydrogens (tertiary/aromatic N) is 1. The van der Waals surface area contributed by atoms with E-state index in [2.05, 4.69) is 4.99 Å². The maximum Gasteiger partial charge on any atom is 0.153 e. The van der Waals surface area contributed by atoms with Gasteiger partial charge in [0, 0.05) is 6.42 Å². The van der Waals surface area contributed by atoms with Gasteiger partial charge in [0.2, 0.25) is 0 Å². The first kappa shape index (κ1) is 8.41. The third kappa shape index (κ3) is 1.36. The molecule has 1 aliphatic heterocycles. The molecule has 0 N–H and O–H groups in total. The Hall–Kier alpha value is -1.90. The van der Waals surface area contributed by atoms with Crippen LogP contribution in [0.5, 0.6) is 5.75 Å². The van der Waals surface area contributed by atoms with Crippen molar-refractivity contribution in [3.63, 3.8) is 0 Å². The second-order valence-corrected chi connectivity index (χ2v) is 3.45. The Morgan fingerprint density at radius 2 is 2.13 bits per heavy atom. The summed E-state index contributed by atoms with van der Waals surface area (Å²) in [5, 5.41) is 0. The first-order chi connectivity index (χ1) is 7.33. The quantitative estimate of drug-likeness (QED) is 0.641. The van der Waals surface area contributed by atoms with Gasteiger partial charge in [0.1, 0.15) is 17.2 Å². The summed E-state index contributed by atoms with van der Waals surface area (Å²) in [7, 11) is 0. The fraction of sp³-hybridized carbons (Fsp3) is 0.0833. The Morgan fingerprint density at radius 3 is 3.07 bits per heavy atom. The van der Waals surface area contributed by atoms with E-state index >= 15 is 0 Å². The van der Waals surface area contributed by atoms with Crippen LogP contribution in [0.25, 0.3) is 0 Å². The molecular formula is C12H8NO2. The van der Waals surface area contributed by atoms with Gasteiger partial charge in [-0.2, -0.15) is 0 Å². The first-order valence-corrected chi connectivity index (χ1v) is 4.76. The molecule has 0 bridgehead atoms. The van der Waals surface area contributed by atoms with E-state index in [4.69, 9.17) is 4.74 Å². The molecule has 73 valence electrons. The summed E-state index contributed by atoms with van der Waals surface area (Å²) in [6, 6.07) is 7.53. The van der Waals surface area contributed by atoms with Crippen LogP contribution in [0.3, 0.4) is 0 Å². The average Bonchev–Trinajstić information content (AvgIpc) is 2.26. The predicted octanol–water partition coefficient (Wildman–Crippen LogP) is 2.21. The molecule has 0 saturated heterocycles. The maximum atomic E-state index is 11.2. The Kier molecular flexibility index (Phi) is 1.71. The first-order valence-electron chi connectivity index (χ1n) is 4.76. The maximum absolute atomic E-state index is 11.2. The largest absolute Gasteiger partial charge is 0.453 e. The van der Waals surface area contributed by atoms with E-state index in [0.29, 0.717) is 17.9 Å². The Labute approximate surface area is 87.1 Å². The number of allylic oxidation sites excluding steroid dienone is 2. The van der Waals surface area contributed by atoms with Gasteiger partial charge in [0.05, 0.1) is 12.1 Å². The summed E-state index contributed by atoms with van der Waals surface area (Å²) in [5.41, 5.74) is 1.40. The van der Waals surface area contributed by atoms with Crippen molar-refractivity contribution in [2.75, 3.05) is 0 Å². The number of fused-ring (bicyclic) bond motifs is 2. The Bertz CT molecular complexity index is 500. The van der Waals surface area contributed by atoms with Crippen molar-refractivity contribution in [1.82, 2.24) is 0 Å². The number of aliphatic imine (C=N–C) groups is 1. The number of rotatable bonds is 0. The molecule has 0 amide bonds. The molecule has 3 heteroatoms. The van der Waals surface area contributed by atoms with E-state index in [1.54, 1.807) is 6.08 Å². The summed E-state index contributed by atoms with van der Waals surface area (Å²) >= 11 is 0. The topological polar surface area (TPSA) is 38.7 Å². The van der Waals surface area contributed by atoms with Crippen molar-refractivity contribution in [2.45, 2.75) is 6.42 Å². The molecule has 0 saturated carbocycles. The van der Waals surface area contributed by atoms with Crippen LogP contribution < -0.4 is 4.74 Å². The van der Waals surface area contributed by atoms with Gasteiger partial charge in [-0.05, 0) is 18.2 Å². The molecule has 0 spiro atoms. The van der Waals surface area contributed by atoms with Crippen LogP contribution in [0.15, 0.2) is 41.1 Å². The minimum atomic E-state index is 0.0699. The summed E-state index contributed by atoms with van der Waals surface area (Å²) < 4.78 is 5.63. The van der Waals surface area contributed by atoms with E-state index in [1.807, 2.05) is 24.3 Å². The third-order valence-electron chi connectivity index (χ3n) is 2.36. The minimum Gasteiger partial charge on any atom is -0.453 e. The van der Waals surface area contributed by atoms with Crippen LogP contribution in [0, 0.1) is 6.42 Å². The monoisotopic (exact) mass is 198 g/mol. The molecule has 0 atom stereocenters. The summed E-state index contributed by atoms with van der Waals surface area (Å²) in [6.45, 7) is 0. The zero-order valence-electron chi connectivity index (χ0n) is 7.93. The molecule has 1 radical (unpaired) electrons. The summed E-state index contributed by atoms with van der Waals surface area (Å²) in [5.74, 6) is 1.50. The number of ether oxygens (including phenoxy) is 1. The van der Waals surface area contributed by atoms with Gasteiger partial charge in [0.15, 0.2) is 5.75 Å². The number of hydrogen-bond donors (Lipinski definition) is 0. The Morgan fingerprint density at radius 1 is 1.27 bits per heavy atom. The van der Waals surface area contributed by atoms with Crippen molar-refractivity contribution in [3.8, 4) is 5.75 Å². The van der Waals surface area contributed by atoms with Crippen LogP contribution in [0.4, 0.5) is 5.69 Å². The van der Waals surface area contributed by atoms with Gasteiger partial charge in [-0.1, -0.05) is 12.1 Å². The second-order valence-electron chi connectivity index (χ2n) is 3.45. The molecular weight excluding hydrogens is 190 g/mol. The summed E-state index contributed by atoms with van der Waals surface area (Å²) in [6.07, 6.45) is 3.71. The highest BCUT2D eigenvalue weighted by Crippen LogP contribution is 2.34. The molecule has 3 nitrogen and oxygen atoms in total. The van der Waals surface area contributed by atoms with Gasteiger partial charge in [-0.25, -0.2) is 4.99 Å². The number of ketones is 1. The molecule has 15 heavy (non-hydrogen) atoms. The van der Waals surface area contributed by atoms with E-state index in [9.17, 15) is 4.79 Å². The Balaban J connectivity index is 2.11. The van der Waals surface area contributed by atoms with E-state index in [-0.39, 0.29) is 5.78 Å². The number of benzene rings is 1. The smallest absolute Gasteiger partial charge is 0.153 e. The van der Waals surface area contributed by atoms with Crippen LogP contribution in [0.1, 0.15) is 6.42 Å². The SMILES string of the molecule is O=C1[CH]C2=Nc3ccccc3OC2=CC1. The molecule has 0 aromatic heterocycles. The molecule has 0 unspecified atom stereocenters. The highest BCUT2D eigenvalue weighted by Gasteiger charge is 2.24. The molecule has 1 heterocycles. The molecule has 2 aliphatic rings. The van der Waals surface area contributed by atoms with Crippen LogP contribution in [-0.4, -0.2) is 11.5 Å². The number of carbonyl (C=O) groups is 1. The lowest BCUT2D eigenvalue weighted by Crippen LogP contribution is -2.21. The minimum absolute atomic E-state index is 0.0699. The van der Waals surface area contributed by atoms with Crippen molar-refractivity contribution < 1.29 is 9.53 Å². The number of Topliss-reactive ketones (excluding diaryl/α,β-unsaturated/α-hetero) is 1. The molecule has 1 aromatic carbocycles. The fourth-order valence-electron chi connectivity index (χ4n) is 1.65. The molecule has 1 aliphatic carbocycles. The van der Waals surface area contributed by atoms with E-state index < -0.39 is 0 Å². The number of para-hydroxylation sites is 2. The normalized spacial score (nSPS) is 18.3. The van der Waals surface area contributed by atoms with Crippen molar-refractivity contribution >= 4 is 17.2 Å². The number of carbonyl (C=O) groups excluding carboxylic acids is 1. The van der Waals surface area contributed by atoms with Gasteiger partial charge >= 0.3 is 0 Å². The van der Waals surface area contributed by atoms with Crippen LogP contribution in [-0.2, 0) is 4.79 Å². The highest BCUT2D eigenvalue weighted by molar-refractivity contribution is 6.23. The highest BCUT2D eigenvalue weighted by atomic mass is 16.5. The molecule has 1 aromatic rings. The van der Waals surface area contributed by atoms with Gasteiger partial charge in [-0.15, -0.1) is 0 Å². The van der Waals surface area contributed by atoms with Crippen molar-refractivity contribution in [1.29, 1.82) is 0 Å². The predicted molar refractivity (Wildman–Crippen MR) is 56.2 cm³/mol. The summed E-state index contributed by atoms with van der Waals surface area (Å²) in [4.78, 5) is 15.6. The van der Waals surface area contributed by atoms with Gasteiger partial charge in [-0.3, -0.25) is 4.79 Å². The standard InChI is InChI=1S/C12H8NO2/c14-8-5-6-12-10(7-8)13-9-3-1-2-4-11(9)15-12/h1-4,6-7H,5H2. The van der Waals surface area contributed by atoms with Crippen molar-refractivity contribution in [3.05, 3.63) is 42.5 Å². The lowest BCUT2D eigenvalue weighted by Gasteiger charge is -2.21. The molecule has 0 fully saturated rings. The third-order valence-corrected chi connectivity index (χ3v) is 2.36. The van der Waals surface area contributed by atoms with Crippen molar-refractivity contribution in [2.24, 2.45) is 4.99 Å². The lowest BCUT2D eigenvalue weighted by molar-refractivity contribution is -0.114. The number of hydrogen-bond acceptors (Lipinski definition) is 3. The van der Waals surface area contributed by atoms with Crippen LogP contribution >= 0.6 is 0 Å².